The highest BCUT2D eigenvalue weighted by Crippen LogP contribution is 2.40. The molecule has 1 aromatic heterocycles. The summed E-state index contributed by atoms with van der Waals surface area (Å²) >= 11 is 1.68. The maximum Gasteiger partial charge on any atom is 0.305 e. The highest BCUT2D eigenvalue weighted by Gasteiger charge is 2.25. The van der Waals surface area contributed by atoms with Crippen LogP contribution < -0.4 is 4.90 Å². The number of carbonyl (C=O) groups is 1. The maximum atomic E-state index is 10.7. The van der Waals surface area contributed by atoms with Gasteiger partial charge in [-0.1, -0.05) is 6.92 Å². The first-order valence-electron chi connectivity index (χ1n) is 6.68. The number of carboxylic acid groups (broad SMARTS) is 1. The zero-order chi connectivity index (χ0) is 13.8. The SMILES string of the molecule is CCCN(CCC(=O)O)c1sc2c(c1C#N)CCC2. The van der Waals surface area contributed by atoms with E-state index in [-0.39, 0.29) is 6.42 Å². The molecule has 0 spiro atoms. The molecule has 0 saturated heterocycles. The minimum absolute atomic E-state index is 0.118. The van der Waals surface area contributed by atoms with Gasteiger partial charge in [0.15, 0.2) is 0 Å². The van der Waals surface area contributed by atoms with Gasteiger partial charge in [-0.2, -0.15) is 5.26 Å². The molecule has 5 heteroatoms. The Labute approximate surface area is 117 Å². The Kier molecular flexibility index (Phi) is 4.43. The number of rotatable bonds is 6. The van der Waals surface area contributed by atoms with E-state index < -0.39 is 5.97 Å². The molecule has 19 heavy (non-hydrogen) atoms. The summed E-state index contributed by atoms with van der Waals surface area (Å²) in [5, 5.41) is 19.2. The van der Waals surface area contributed by atoms with Gasteiger partial charge in [-0.05, 0) is 31.2 Å². The van der Waals surface area contributed by atoms with Gasteiger partial charge in [0.05, 0.1) is 12.0 Å². The van der Waals surface area contributed by atoms with Crippen LogP contribution in [0.2, 0.25) is 0 Å². The van der Waals surface area contributed by atoms with Gasteiger partial charge >= 0.3 is 5.97 Å². The van der Waals surface area contributed by atoms with Gasteiger partial charge in [0, 0.05) is 18.0 Å². The Hall–Kier alpha value is -1.54. The molecule has 0 bridgehead atoms. The molecular weight excluding hydrogens is 260 g/mol. The molecule has 4 nitrogen and oxygen atoms in total. The minimum atomic E-state index is -0.788. The molecule has 1 N–H and O–H groups in total. The number of thiophene rings is 1. The van der Waals surface area contributed by atoms with E-state index in [1.165, 1.54) is 10.4 Å². The highest BCUT2D eigenvalue weighted by atomic mass is 32.1. The van der Waals surface area contributed by atoms with Crippen molar-refractivity contribution in [1.82, 2.24) is 0 Å². The monoisotopic (exact) mass is 278 g/mol. The van der Waals surface area contributed by atoms with Crippen molar-refractivity contribution in [3.63, 3.8) is 0 Å². The van der Waals surface area contributed by atoms with E-state index in [9.17, 15) is 10.1 Å². The van der Waals surface area contributed by atoms with Gasteiger partial charge < -0.3 is 10.0 Å². The Morgan fingerprint density at radius 1 is 1.47 bits per heavy atom. The topological polar surface area (TPSA) is 64.3 Å². The summed E-state index contributed by atoms with van der Waals surface area (Å²) in [6.45, 7) is 3.36. The third kappa shape index (κ3) is 2.90. The molecule has 0 unspecified atom stereocenters. The molecule has 0 saturated carbocycles. The van der Waals surface area contributed by atoms with Crippen LogP contribution in [0.15, 0.2) is 0 Å². The van der Waals surface area contributed by atoms with Crippen molar-refractivity contribution < 1.29 is 9.90 Å². The predicted molar refractivity (Wildman–Crippen MR) is 75.8 cm³/mol. The molecule has 0 fully saturated rings. The van der Waals surface area contributed by atoms with Crippen molar-refractivity contribution in [3.05, 3.63) is 16.0 Å². The number of nitriles is 1. The van der Waals surface area contributed by atoms with Crippen LogP contribution in [-0.2, 0) is 17.6 Å². The van der Waals surface area contributed by atoms with Gasteiger partial charge in [0.2, 0.25) is 0 Å². The minimum Gasteiger partial charge on any atom is -0.481 e. The smallest absolute Gasteiger partial charge is 0.305 e. The summed E-state index contributed by atoms with van der Waals surface area (Å²) in [6.07, 6.45) is 4.26. The number of anilines is 1. The lowest BCUT2D eigenvalue weighted by atomic mass is 10.1. The molecule has 1 heterocycles. The summed E-state index contributed by atoms with van der Waals surface area (Å²) in [5.74, 6) is -0.788. The van der Waals surface area contributed by atoms with Gasteiger partial charge in [-0.3, -0.25) is 4.79 Å². The van der Waals surface area contributed by atoms with Crippen molar-refractivity contribution in [3.8, 4) is 6.07 Å². The molecule has 0 aliphatic heterocycles. The van der Waals surface area contributed by atoms with Crippen LogP contribution in [0, 0.1) is 11.3 Å². The third-order valence-electron chi connectivity index (χ3n) is 3.39. The molecule has 0 atom stereocenters. The van der Waals surface area contributed by atoms with Crippen LogP contribution in [-0.4, -0.2) is 24.2 Å². The third-order valence-corrected chi connectivity index (χ3v) is 4.74. The summed E-state index contributed by atoms with van der Waals surface area (Å²) in [6, 6.07) is 2.32. The number of aliphatic carboxylic acids is 1. The Balaban J connectivity index is 2.26. The average molecular weight is 278 g/mol. The second kappa shape index (κ2) is 6.07. The van der Waals surface area contributed by atoms with Crippen LogP contribution in [0.25, 0.3) is 0 Å². The van der Waals surface area contributed by atoms with Crippen LogP contribution in [0.5, 0.6) is 0 Å². The van der Waals surface area contributed by atoms with Crippen LogP contribution in [0.4, 0.5) is 5.00 Å². The largest absolute Gasteiger partial charge is 0.481 e. The van der Waals surface area contributed by atoms with Crippen LogP contribution >= 0.6 is 11.3 Å². The predicted octanol–water partition coefficient (Wildman–Crippen LogP) is 2.80. The van der Waals surface area contributed by atoms with E-state index in [1.807, 2.05) is 0 Å². The van der Waals surface area contributed by atoms with E-state index >= 15 is 0 Å². The number of nitrogens with zero attached hydrogens (tertiary/aromatic N) is 2. The summed E-state index contributed by atoms with van der Waals surface area (Å²) < 4.78 is 0. The molecule has 0 radical (unpaired) electrons. The van der Waals surface area contributed by atoms with Crippen molar-refractivity contribution in [2.45, 2.75) is 39.0 Å². The normalized spacial score (nSPS) is 13.1. The molecule has 0 aromatic carbocycles. The van der Waals surface area contributed by atoms with Crippen LogP contribution in [0.3, 0.4) is 0 Å². The molecule has 2 rings (SSSR count). The summed E-state index contributed by atoms with van der Waals surface area (Å²) in [4.78, 5) is 14.1. The van der Waals surface area contributed by atoms with Gasteiger partial charge in [0.25, 0.3) is 0 Å². The highest BCUT2D eigenvalue weighted by molar-refractivity contribution is 7.16. The second-order valence-corrected chi connectivity index (χ2v) is 5.86. The second-order valence-electron chi connectivity index (χ2n) is 4.78. The number of hydrogen-bond donors (Lipinski definition) is 1. The van der Waals surface area contributed by atoms with E-state index in [2.05, 4.69) is 17.9 Å². The lowest BCUT2D eigenvalue weighted by molar-refractivity contribution is -0.136. The lowest BCUT2D eigenvalue weighted by Crippen LogP contribution is -2.26. The standard InChI is InChI=1S/C14H18N2O2S/c1-2-7-16(8-6-13(17)18)14-11(9-15)10-4-3-5-12(10)19-14/h2-8H2,1H3,(H,17,18). The molecule has 1 aliphatic carbocycles. The molecule has 102 valence electrons. The zero-order valence-corrected chi connectivity index (χ0v) is 11.9. The molecule has 1 aromatic rings. The van der Waals surface area contributed by atoms with Crippen LogP contribution in [0.1, 0.15) is 42.2 Å². The first-order valence-corrected chi connectivity index (χ1v) is 7.50. The number of fused-ring (bicyclic) bond motifs is 1. The first-order chi connectivity index (χ1) is 9.17. The molecular formula is C14H18N2O2S. The first kappa shape index (κ1) is 13.9. The van der Waals surface area contributed by atoms with Gasteiger partial charge in [0.1, 0.15) is 11.1 Å². The number of hydrogen-bond acceptors (Lipinski definition) is 4. The fourth-order valence-electron chi connectivity index (χ4n) is 2.54. The number of carboxylic acids is 1. The van der Waals surface area contributed by atoms with Gasteiger partial charge in [-0.15, -0.1) is 11.3 Å². The van der Waals surface area contributed by atoms with E-state index in [0.717, 1.165) is 42.8 Å². The average Bonchev–Trinajstić information content (AvgIpc) is 2.93. The van der Waals surface area contributed by atoms with E-state index in [4.69, 9.17) is 5.11 Å². The van der Waals surface area contributed by atoms with Gasteiger partial charge in [-0.25, -0.2) is 0 Å². The number of aryl methyl sites for hydroxylation is 1. The summed E-state index contributed by atoms with van der Waals surface area (Å²) in [5.41, 5.74) is 2.00. The van der Waals surface area contributed by atoms with Crippen molar-refractivity contribution in [1.29, 1.82) is 5.26 Å². The van der Waals surface area contributed by atoms with E-state index in [1.54, 1.807) is 11.3 Å². The van der Waals surface area contributed by atoms with E-state index in [0.29, 0.717) is 6.54 Å². The Morgan fingerprint density at radius 2 is 2.26 bits per heavy atom. The van der Waals surface area contributed by atoms with Crippen molar-refractivity contribution >= 4 is 22.3 Å². The fraction of sp³-hybridized carbons (Fsp3) is 0.571. The lowest BCUT2D eigenvalue weighted by Gasteiger charge is -2.22. The fourth-order valence-corrected chi connectivity index (χ4v) is 3.93. The molecule has 1 aliphatic rings. The maximum absolute atomic E-state index is 10.7. The Morgan fingerprint density at radius 3 is 2.89 bits per heavy atom. The summed E-state index contributed by atoms with van der Waals surface area (Å²) in [7, 11) is 0. The van der Waals surface area contributed by atoms with Crippen molar-refractivity contribution in [2.24, 2.45) is 0 Å². The quantitative estimate of drug-likeness (QED) is 0.869. The Bertz CT molecular complexity index is 516. The van der Waals surface area contributed by atoms with Crippen molar-refractivity contribution in [2.75, 3.05) is 18.0 Å². The zero-order valence-electron chi connectivity index (χ0n) is 11.1. The molecule has 0 amide bonds.